The summed E-state index contributed by atoms with van der Waals surface area (Å²) in [7, 11) is -3.68. The molecule has 33 heavy (non-hydrogen) atoms. The molecule has 3 rings (SSSR count). The van der Waals surface area contributed by atoms with Crippen molar-refractivity contribution in [3.05, 3.63) is 48.0 Å². The monoisotopic (exact) mass is 483 g/mol. The van der Waals surface area contributed by atoms with Crippen LogP contribution in [0.2, 0.25) is 0 Å². The topological polar surface area (TPSA) is 97.0 Å². The van der Waals surface area contributed by atoms with Gasteiger partial charge in [0, 0.05) is 19.6 Å². The molecule has 1 fully saturated rings. The number of sulfonamides is 1. The van der Waals surface area contributed by atoms with Crippen molar-refractivity contribution in [2.24, 2.45) is 0 Å². The summed E-state index contributed by atoms with van der Waals surface area (Å²) in [6, 6.07) is 9.68. The minimum Gasteiger partial charge on any atom is -0.492 e. The van der Waals surface area contributed by atoms with E-state index in [4.69, 9.17) is 4.74 Å². The lowest BCUT2D eigenvalue weighted by molar-refractivity contribution is -0.0498. The average molecular weight is 484 g/mol. The van der Waals surface area contributed by atoms with E-state index >= 15 is 0 Å². The Kier molecular flexibility index (Phi) is 8.45. The number of halogens is 2. The van der Waals surface area contributed by atoms with Gasteiger partial charge < -0.3 is 20.1 Å². The van der Waals surface area contributed by atoms with Crippen molar-refractivity contribution in [3.63, 3.8) is 0 Å². The Hall–Kier alpha value is -2.92. The molecule has 0 aromatic heterocycles. The van der Waals surface area contributed by atoms with Crippen LogP contribution in [0.25, 0.3) is 0 Å². The van der Waals surface area contributed by atoms with Crippen molar-refractivity contribution < 1.29 is 31.5 Å². The number of anilines is 1. The van der Waals surface area contributed by atoms with E-state index in [0.717, 1.165) is 19.3 Å². The molecule has 1 saturated heterocycles. The van der Waals surface area contributed by atoms with Gasteiger partial charge >= 0.3 is 12.6 Å². The summed E-state index contributed by atoms with van der Waals surface area (Å²) in [4.78, 5) is 12.5. The number of urea groups is 1. The lowest BCUT2D eigenvalue weighted by atomic mass is 10.2. The van der Waals surface area contributed by atoms with Crippen LogP contribution in [0.5, 0.6) is 11.5 Å². The summed E-state index contributed by atoms with van der Waals surface area (Å²) in [6.07, 6.45) is 2.64. The van der Waals surface area contributed by atoms with Gasteiger partial charge in [0.2, 0.25) is 10.0 Å². The molecule has 0 atom stereocenters. The summed E-state index contributed by atoms with van der Waals surface area (Å²) in [6.45, 7) is 0.274. The maximum atomic E-state index is 13.0. The van der Waals surface area contributed by atoms with Crippen LogP contribution in [-0.2, 0) is 16.6 Å². The van der Waals surface area contributed by atoms with E-state index in [0.29, 0.717) is 31.0 Å². The average Bonchev–Trinajstić information content (AvgIpc) is 2.80. The number of hydrogen-bond acceptors (Lipinski definition) is 5. The summed E-state index contributed by atoms with van der Waals surface area (Å²) >= 11 is 0. The van der Waals surface area contributed by atoms with Gasteiger partial charge in [-0.15, -0.1) is 0 Å². The Morgan fingerprint density at radius 2 is 1.79 bits per heavy atom. The predicted octanol–water partition coefficient (Wildman–Crippen LogP) is 4.18. The van der Waals surface area contributed by atoms with Crippen LogP contribution in [0.1, 0.15) is 31.7 Å². The number of piperidine rings is 1. The largest absolute Gasteiger partial charge is 0.492 e. The second-order valence-electron chi connectivity index (χ2n) is 7.39. The van der Waals surface area contributed by atoms with E-state index in [2.05, 4.69) is 15.4 Å². The lowest BCUT2D eigenvalue weighted by Crippen LogP contribution is -2.35. The molecule has 2 N–H and O–H groups in total. The third kappa shape index (κ3) is 6.78. The van der Waals surface area contributed by atoms with Gasteiger partial charge in [-0.3, -0.25) is 0 Å². The molecule has 1 heterocycles. The SMILES string of the molecule is CCOc1ccc(S(=O)(=O)N2CCCCC2)cc1NC(=O)NCc1ccc(OC(F)F)cc1. The first-order valence-corrected chi connectivity index (χ1v) is 12.1. The highest BCUT2D eigenvalue weighted by Gasteiger charge is 2.27. The van der Waals surface area contributed by atoms with Gasteiger partial charge in [0.25, 0.3) is 0 Å². The molecule has 1 aliphatic heterocycles. The zero-order chi connectivity index (χ0) is 23.8. The predicted molar refractivity (Wildman–Crippen MR) is 119 cm³/mol. The molecule has 0 unspecified atom stereocenters. The fourth-order valence-corrected chi connectivity index (χ4v) is 4.98. The Bertz CT molecular complexity index is 1040. The Morgan fingerprint density at radius 3 is 2.42 bits per heavy atom. The third-order valence-corrected chi connectivity index (χ3v) is 6.95. The van der Waals surface area contributed by atoms with E-state index in [1.54, 1.807) is 19.1 Å². The second kappa shape index (κ2) is 11.3. The molecule has 0 spiro atoms. The fourth-order valence-electron chi connectivity index (χ4n) is 3.44. The fraction of sp³-hybridized carbons (Fsp3) is 0.409. The minimum atomic E-state index is -3.68. The van der Waals surface area contributed by atoms with Crippen molar-refractivity contribution in [1.29, 1.82) is 0 Å². The van der Waals surface area contributed by atoms with Crippen LogP contribution < -0.4 is 20.1 Å². The number of amides is 2. The summed E-state index contributed by atoms with van der Waals surface area (Å²) in [5, 5.41) is 5.28. The van der Waals surface area contributed by atoms with Gasteiger partial charge in [-0.05, 0) is 55.7 Å². The number of hydrogen-bond donors (Lipinski definition) is 2. The van der Waals surface area contributed by atoms with E-state index in [1.165, 1.54) is 34.6 Å². The van der Waals surface area contributed by atoms with Gasteiger partial charge in [-0.25, -0.2) is 13.2 Å². The van der Waals surface area contributed by atoms with Gasteiger partial charge in [0.05, 0.1) is 17.2 Å². The molecule has 2 aromatic carbocycles. The van der Waals surface area contributed by atoms with Crippen molar-refractivity contribution in [3.8, 4) is 11.5 Å². The van der Waals surface area contributed by atoms with Crippen LogP contribution in [0.15, 0.2) is 47.4 Å². The number of rotatable bonds is 9. The molecule has 0 aliphatic carbocycles. The third-order valence-electron chi connectivity index (χ3n) is 5.05. The van der Waals surface area contributed by atoms with Crippen LogP contribution in [-0.4, -0.2) is 45.1 Å². The van der Waals surface area contributed by atoms with E-state index in [-0.39, 0.29) is 22.9 Å². The number of carbonyl (C=O) groups excluding carboxylic acids is 1. The van der Waals surface area contributed by atoms with Crippen molar-refractivity contribution >= 4 is 21.7 Å². The Morgan fingerprint density at radius 1 is 1.09 bits per heavy atom. The maximum Gasteiger partial charge on any atom is 0.387 e. The van der Waals surface area contributed by atoms with E-state index < -0.39 is 22.7 Å². The van der Waals surface area contributed by atoms with Crippen LogP contribution in [0, 0.1) is 0 Å². The normalized spacial score (nSPS) is 14.7. The van der Waals surface area contributed by atoms with E-state index in [9.17, 15) is 22.0 Å². The maximum absolute atomic E-state index is 13.0. The minimum absolute atomic E-state index is 0.0197. The van der Waals surface area contributed by atoms with Gasteiger partial charge in [-0.2, -0.15) is 13.1 Å². The first kappa shape index (κ1) is 24.7. The Balaban J connectivity index is 1.69. The molecule has 180 valence electrons. The first-order valence-electron chi connectivity index (χ1n) is 10.6. The summed E-state index contributed by atoms with van der Waals surface area (Å²) < 4.78 is 61.8. The zero-order valence-corrected chi connectivity index (χ0v) is 19.0. The molecular weight excluding hydrogens is 456 g/mol. The van der Waals surface area contributed by atoms with Crippen LogP contribution in [0.3, 0.4) is 0 Å². The second-order valence-corrected chi connectivity index (χ2v) is 9.32. The lowest BCUT2D eigenvalue weighted by Gasteiger charge is -2.26. The molecule has 8 nitrogen and oxygen atoms in total. The summed E-state index contributed by atoms with van der Waals surface area (Å²) in [5.74, 6) is 0.366. The molecule has 0 bridgehead atoms. The van der Waals surface area contributed by atoms with Crippen LogP contribution >= 0.6 is 0 Å². The number of ether oxygens (including phenoxy) is 2. The number of nitrogens with one attached hydrogen (secondary N) is 2. The number of alkyl halides is 2. The number of carbonyl (C=O) groups is 1. The van der Waals surface area contributed by atoms with E-state index in [1.807, 2.05) is 0 Å². The van der Waals surface area contributed by atoms with Crippen molar-refractivity contribution in [2.75, 3.05) is 25.0 Å². The van der Waals surface area contributed by atoms with Crippen LogP contribution in [0.4, 0.5) is 19.3 Å². The van der Waals surface area contributed by atoms with Crippen molar-refractivity contribution in [1.82, 2.24) is 9.62 Å². The highest BCUT2D eigenvalue weighted by atomic mass is 32.2. The molecule has 0 radical (unpaired) electrons. The quantitative estimate of drug-likeness (QED) is 0.558. The Labute approximate surface area is 191 Å². The number of nitrogens with zero attached hydrogens (tertiary/aromatic N) is 1. The standard InChI is InChI=1S/C22H27F2N3O5S/c1-2-31-20-11-10-18(33(29,30)27-12-4-3-5-13-27)14-19(20)26-22(28)25-15-16-6-8-17(9-7-16)32-21(23)24/h6-11,14,21H,2-5,12-13,15H2,1H3,(H2,25,26,28). The number of benzene rings is 2. The highest BCUT2D eigenvalue weighted by Crippen LogP contribution is 2.30. The molecule has 2 aromatic rings. The molecular formula is C22H27F2N3O5S. The first-order chi connectivity index (χ1) is 15.8. The van der Waals surface area contributed by atoms with Gasteiger partial charge in [0.15, 0.2) is 0 Å². The summed E-state index contributed by atoms with van der Waals surface area (Å²) in [5.41, 5.74) is 0.895. The zero-order valence-electron chi connectivity index (χ0n) is 18.2. The molecule has 0 saturated carbocycles. The molecule has 2 amide bonds. The van der Waals surface area contributed by atoms with Gasteiger partial charge in [-0.1, -0.05) is 18.6 Å². The smallest absolute Gasteiger partial charge is 0.387 e. The van der Waals surface area contributed by atoms with Crippen molar-refractivity contribution in [2.45, 2.75) is 44.2 Å². The highest BCUT2D eigenvalue weighted by molar-refractivity contribution is 7.89. The van der Waals surface area contributed by atoms with Gasteiger partial charge in [0.1, 0.15) is 11.5 Å². The molecule has 1 aliphatic rings. The molecule has 11 heteroatoms.